The Bertz CT molecular complexity index is 745. The van der Waals surface area contributed by atoms with Crippen LogP contribution in [-0.4, -0.2) is 24.4 Å². The van der Waals surface area contributed by atoms with E-state index in [1.807, 2.05) is 19.3 Å². The number of nitrogens with zero attached hydrogens (tertiary/aromatic N) is 5. The molecule has 0 aliphatic carbocycles. The molecule has 0 aliphatic rings. The highest BCUT2D eigenvalue weighted by Crippen LogP contribution is 2.19. The summed E-state index contributed by atoms with van der Waals surface area (Å²) in [5.41, 5.74) is 3.03. The fourth-order valence-electron chi connectivity index (χ4n) is 1.73. The van der Waals surface area contributed by atoms with Crippen LogP contribution in [0.25, 0.3) is 5.65 Å². The lowest BCUT2D eigenvalue weighted by atomic mass is 10.4. The molecule has 1 N–H and O–H groups in total. The zero-order valence-electron chi connectivity index (χ0n) is 9.70. The first-order valence-corrected chi connectivity index (χ1v) is 5.33. The van der Waals surface area contributed by atoms with Crippen molar-refractivity contribution in [2.75, 3.05) is 5.32 Å². The molecular formula is C12H10N6. The number of fused-ring (bicyclic) bond motifs is 1. The Labute approximate surface area is 103 Å². The van der Waals surface area contributed by atoms with Gasteiger partial charge in [0, 0.05) is 13.2 Å². The molecule has 0 amide bonds. The zero-order valence-corrected chi connectivity index (χ0v) is 9.70. The molecule has 0 saturated heterocycles. The number of anilines is 2. The van der Waals surface area contributed by atoms with Crippen molar-refractivity contribution in [3.05, 3.63) is 36.5 Å². The van der Waals surface area contributed by atoms with E-state index in [0.29, 0.717) is 11.3 Å². The summed E-state index contributed by atoms with van der Waals surface area (Å²) in [6.07, 6.45) is 12.3. The largest absolute Gasteiger partial charge is 0.350 e. The maximum absolute atomic E-state index is 5.38. The van der Waals surface area contributed by atoms with E-state index in [0.717, 1.165) is 11.4 Å². The average molecular weight is 238 g/mol. The molecule has 0 fully saturated rings. The van der Waals surface area contributed by atoms with Gasteiger partial charge in [-0.2, -0.15) is 10.2 Å². The lowest BCUT2D eigenvalue weighted by molar-refractivity contribution is 0.768. The number of nitrogens with one attached hydrogen (secondary N) is 1. The second-order valence-corrected chi connectivity index (χ2v) is 3.80. The number of hydrogen-bond acceptors (Lipinski definition) is 4. The van der Waals surface area contributed by atoms with Gasteiger partial charge >= 0.3 is 0 Å². The summed E-state index contributed by atoms with van der Waals surface area (Å²) >= 11 is 0. The second-order valence-electron chi connectivity index (χ2n) is 3.80. The lowest BCUT2D eigenvalue weighted by Crippen LogP contribution is -1.98. The van der Waals surface area contributed by atoms with Crippen molar-refractivity contribution < 1.29 is 0 Å². The molecule has 0 aromatic carbocycles. The summed E-state index contributed by atoms with van der Waals surface area (Å²) in [5, 5.41) is 11.5. The third-order valence-corrected chi connectivity index (χ3v) is 2.53. The molecule has 0 bridgehead atoms. The van der Waals surface area contributed by atoms with Crippen molar-refractivity contribution >= 4 is 17.0 Å². The van der Waals surface area contributed by atoms with Crippen LogP contribution in [0.3, 0.4) is 0 Å². The second kappa shape index (κ2) is 3.89. The Morgan fingerprint density at radius 2 is 2.22 bits per heavy atom. The molecule has 0 atom stereocenters. The van der Waals surface area contributed by atoms with Gasteiger partial charge in [-0.1, -0.05) is 0 Å². The first-order valence-electron chi connectivity index (χ1n) is 5.33. The van der Waals surface area contributed by atoms with Crippen LogP contribution in [-0.2, 0) is 7.05 Å². The molecule has 3 rings (SSSR count). The highest BCUT2D eigenvalue weighted by molar-refractivity contribution is 5.73. The molecule has 18 heavy (non-hydrogen) atoms. The van der Waals surface area contributed by atoms with Crippen molar-refractivity contribution in [2.24, 2.45) is 7.05 Å². The van der Waals surface area contributed by atoms with E-state index in [1.165, 1.54) is 0 Å². The minimum Gasteiger partial charge on any atom is -0.350 e. The van der Waals surface area contributed by atoms with Crippen molar-refractivity contribution in [3.8, 4) is 12.3 Å². The molecule has 88 valence electrons. The highest BCUT2D eigenvalue weighted by Gasteiger charge is 2.07. The average Bonchev–Trinajstić information content (AvgIpc) is 2.96. The molecular weight excluding hydrogens is 228 g/mol. The number of rotatable bonds is 2. The van der Waals surface area contributed by atoms with Gasteiger partial charge in [-0.3, -0.25) is 4.68 Å². The minimum absolute atomic E-state index is 0.625. The smallest absolute Gasteiger partial charge is 0.178 e. The summed E-state index contributed by atoms with van der Waals surface area (Å²) < 4.78 is 3.35. The first-order chi connectivity index (χ1) is 8.78. The Morgan fingerprint density at radius 3 is 2.94 bits per heavy atom. The van der Waals surface area contributed by atoms with Gasteiger partial charge in [0.25, 0.3) is 0 Å². The van der Waals surface area contributed by atoms with Crippen molar-refractivity contribution in [1.82, 2.24) is 24.4 Å². The topological polar surface area (TPSA) is 60.0 Å². The number of imidazole rings is 1. The van der Waals surface area contributed by atoms with Gasteiger partial charge in [-0.05, 0) is 12.0 Å². The van der Waals surface area contributed by atoms with Crippen LogP contribution in [0.4, 0.5) is 11.4 Å². The quantitative estimate of drug-likeness (QED) is 0.681. The monoisotopic (exact) mass is 238 g/mol. The molecule has 3 aromatic rings. The Hall–Kier alpha value is -2.81. The zero-order chi connectivity index (χ0) is 12.5. The number of aryl methyl sites for hydroxylation is 1. The molecule has 6 heteroatoms. The summed E-state index contributed by atoms with van der Waals surface area (Å²) in [6.45, 7) is 0. The van der Waals surface area contributed by atoms with Crippen molar-refractivity contribution in [3.63, 3.8) is 0 Å². The van der Waals surface area contributed by atoms with Crippen LogP contribution >= 0.6 is 0 Å². The Kier molecular flexibility index (Phi) is 2.24. The van der Waals surface area contributed by atoms with E-state index in [2.05, 4.69) is 26.4 Å². The van der Waals surface area contributed by atoms with Gasteiger partial charge in [-0.15, -0.1) is 6.42 Å². The fourth-order valence-corrected chi connectivity index (χ4v) is 1.73. The highest BCUT2D eigenvalue weighted by atomic mass is 15.3. The van der Waals surface area contributed by atoms with Crippen LogP contribution in [0.5, 0.6) is 0 Å². The molecule has 0 unspecified atom stereocenters. The first kappa shape index (κ1) is 10.4. The number of aromatic nitrogens is 5. The van der Waals surface area contributed by atoms with E-state index in [-0.39, 0.29) is 0 Å². The molecule has 0 saturated carbocycles. The summed E-state index contributed by atoms with van der Waals surface area (Å²) in [6, 6.07) is 1.84. The summed E-state index contributed by atoms with van der Waals surface area (Å²) in [5.74, 6) is 2.54. The summed E-state index contributed by atoms with van der Waals surface area (Å²) in [7, 11) is 1.86. The standard InChI is InChI=1S/C12H10N6/c1-3-10-7-13-12-11(4-5-14-18(10)12)16-9-6-15-17(2)8-9/h1,4-8,16H,2H3. The predicted molar refractivity (Wildman–Crippen MR) is 67.4 cm³/mol. The molecule has 6 nitrogen and oxygen atoms in total. The third-order valence-electron chi connectivity index (χ3n) is 2.53. The van der Waals surface area contributed by atoms with Gasteiger partial charge in [0.1, 0.15) is 5.69 Å². The van der Waals surface area contributed by atoms with Crippen LogP contribution in [0, 0.1) is 12.3 Å². The van der Waals surface area contributed by atoms with Gasteiger partial charge in [0.2, 0.25) is 0 Å². The van der Waals surface area contributed by atoms with E-state index < -0.39 is 0 Å². The molecule has 0 spiro atoms. The molecule has 0 aliphatic heterocycles. The fraction of sp³-hybridized carbons (Fsp3) is 0.0833. The van der Waals surface area contributed by atoms with E-state index in [1.54, 1.807) is 27.8 Å². The maximum atomic E-state index is 5.38. The van der Waals surface area contributed by atoms with Crippen LogP contribution in [0.1, 0.15) is 5.69 Å². The SMILES string of the molecule is C#Cc1cnc2c(Nc3cnn(C)c3)ccnn12. The minimum atomic E-state index is 0.625. The van der Waals surface area contributed by atoms with Crippen LogP contribution < -0.4 is 5.32 Å². The van der Waals surface area contributed by atoms with Gasteiger partial charge < -0.3 is 5.32 Å². The van der Waals surface area contributed by atoms with Crippen molar-refractivity contribution in [1.29, 1.82) is 0 Å². The lowest BCUT2D eigenvalue weighted by Gasteiger charge is -2.04. The number of terminal acetylenes is 1. The molecule has 3 heterocycles. The number of hydrogen-bond donors (Lipinski definition) is 1. The van der Waals surface area contributed by atoms with Crippen LogP contribution in [0.2, 0.25) is 0 Å². The molecule has 3 aromatic heterocycles. The maximum Gasteiger partial charge on any atom is 0.178 e. The van der Waals surface area contributed by atoms with E-state index >= 15 is 0 Å². The Balaban J connectivity index is 2.07. The van der Waals surface area contributed by atoms with E-state index in [4.69, 9.17) is 6.42 Å². The van der Waals surface area contributed by atoms with Crippen molar-refractivity contribution in [2.45, 2.75) is 0 Å². The van der Waals surface area contributed by atoms with E-state index in [9.17, 15) is 0 Å². The summed E-state index contributed by atoms with van der Waals surface area (Å²) in [4.78, 5) is 4.26. The predicted octanol–water partition coefficient (Wildman–Crippen LogP) is 1.19. The normalized spacial score (nSPS) is 10.4. The van der Waals surface area contributed by atoms with Gasteiger partial charge in [0.05, 0.1) is 30.0 Å². The Morgan fingerprint density at radius 1 is 1.33 bits per heavy atom. The van der Waals surface area contributed by atoms with Gasteiger partial charge in [0.15, 0.2) is 5.65 Å². The van der Waals surface area contributed by atoms with Crippen LogP contribution in [0.15, 0.2) is 30.9 Å². The third kappa shape index (κ3) is 1.58. The molecule has 0 radical (unpaired) electrons. The van der Waals surface area contributed by atoms with Gasteiger partial charge in [-0.25, -0.2) is 9.50 Å².